The topological polar surface area (TPSA) is 202 Å². The van der Waals surface area contributed by atoms with Crippen LogP contribution in [0, 0.1) is 51.0 Å². The van der Waals surface area contributed by atoms with Crippen molar-refractivity contribution in [2.24, 2.45) is 0 Å². The summed E-state index contributed by atoms with van der Waals surface area (Å²) in [4.78, 5) is 81.3. The highest BCUT2D eigenvalue weighted by Gasteiger charge is 2.16. The Balaban J connectivity index is 0.000000238. The lowest BCUT2D eigenvalue weighted by molar-refractivity contribution is -0.193. The number of esters is 1. The summed E-state index contributed by atoms with van der Waals surface area (Å²) in [6.07, 6.45) is 5.47. The van der Waals surface area contributed by atoms with Crippen LogP contribution in [-0.2, 0) is 64.4 Å². The van der Waals surface area contributed by atoms with Crippen molar-refractivity contribution in [2.45, 2.75) is 101 Å². The highest BCUT2D eigenvalue weighted by molar-refractivity contribution is 9.09. The molecule has 20 heteroatoms. The lowest BCUT2D eigenvalue weighted by Gasteiger charge is -2.07. The quantitative estimate of drug-likeness (QED) is 0.0559. The van der Waals surface area contributed by atoms with E-state index in [1.165, 1.54) is 46.9 Å². The van der Waals surface area contributed by atoms with Gasteiger partial charge in [-0.05, 0) is 175 Å². The van der Waals surface area contributed by atoms with E-state index in [1.807, 2.05) is 91.9 Å². The summed E-state index contributed by atoms with van der Waals surface area (Å²) in [6, 6.07) is 49.4. The molecule has 15 nitrogen and oxygen atoms in total. The number of rotatable bonds is 11. The van der Waals surface area contributed by atoms with Crippen molar-refractivity contribution < 1.29 is 60.7 Å². The number of para-hydroxylation sites is 2. The van der Waals surface area contributed by atoms with E-state index in [2.05, 4.69) is 104 Å². The molecule has 0 atom stereocenters. The Morgan fingerprint density at radius 1 is 0.522 bits per heavy atom. The van der Waals surface area contributed by atoms with Crippen LogP contribution in [0.15, 0.2) is 164 Å². The van der Waals surface area contributed by atoms with Gasteiger partial charge in [0, 0.05) is 109 Å². The van der Waals surface area contributed by atoms with Crippen molar-refractivity contribution in [1.82, 2.24) is 28.7 Å². The van der Waals surface area contributed by atoms with E-state index >= 15 is 0 Å². The van der Waals surface area contributed by atoms with Crippen molar-refractivity contribution in [2.75, 3.05) is 11.9 Å². The van der Waals surface area contributed by atoms with Crippen molar-refractivity contribution in [3.05, 3.63) is 227 Å². The maximum absolute atomic E-state index is 13.9. The third-order valence-corrected chi connectivity index (χ3v) is 14.2. The molecule has 1 N–H and O–H groups in total. The molecule has 12 aromatic rings. The number of nitrogens with one attached hydrogen (secondary N) is 1. The fourth-order valence-corrected chi connectivity index (χ4v) is 10.2. The number of fused-ring (bicyclic) bond motifs is 6. The minimum atomic E-state index is -0.206. The van der Waals surface area contributed by atoms with Gasteiger partial charge in [0.15, 0.2) is 6.29 Å². The number of aromatic nitrogens is 6. The first-order valence-electron chi connectivity index (χ1n) is 29.2. The fourth-order valence-electron chi connectivity index (χ4n) is 10.0. The van der Waals surface area contributed by atoms with Gasteiger partial charge >= 0.3 is 24.4 Å². The molecule has 0 bridgehead atoms. The predicted octanol–water partition coefficient (Wildman–Crippen LogP) is 16.5. The van der Waals surface area contributed by atoms with Crippen LogP contribution < -0.4 is 0 Å². The average Bonchev–Trinajstić information content (AvgIpc) is 1.66. The van der Waals surface area contributed by atoms with Gasteiger partial charge in [0.1, 0.15) is 34.3 Å². The van der Waals surface area contributed by atoms with Crippen LogP contribution in [0.1, 0.15) is 91.5 Å². The van der Waals surface area contributed by atoms with Crippen molar-refractivity contribution in [1.29, 1.82) is 0 Å². The monoisotopic (exact) mass is 1320 g/mol. The van der Waals surface area contributed by atoms with Gasteiger partial charge < -0.3 is 23.4 Å². The van der Waals surface area contributed by atoms with Crippen LogP contribution in [0.2, 0.25) is 0 Å². The highest BCUT2D eigenvalue weighted by atomic mass is 79.9. The Hall–Kier alpha value is -10.2. The second-order valence-electron chi connectivity index (χ2n) is 20.2. The number of aromatic amines is 1. The molecule has 0 amide bonds. The molecule has 0 saturated heterocycles. The van der Waals surface area contributed by atoms with E-state index in [1.54, 1.807) is 43.3 Å². The molecular formula is C72H71BrF4N6O9. The van der Waals surface area contributed by atoms with Crippen molar-refractivity contribution in [3.63, 3.8) is 0 Å². The molecular weight excluding hydrogens is 1250 g/mol. The zero-order valence-corrected chi connectivity index (χ0v) is 53.9. The number of carbonyl (C=O) groups is 2. The highest BCUT2D eigenvalue weighted by Crippen LogP contribution is 2.30. The molecule has 6 heterocycles. The largest absolute Gasteiger partial charge is 0.465 e. The van der Waals surface area contributed by atoms with E-state index < -0.39 is 0 Å². The predicted molar refractivity (Wildman–Crippen MR) is 351 cm³/mol. The maximum atomic E-state index is 13.9. The second-order valence-corrected chi connectivity index (χ2v) is 20.8. The Morgan fingerprint density at radius 2 is 0.967 bits per heavy atom. The van der Waals surface area contributed by atoms with Crippen LogP contribution in [0.3, 0.4) is 0 Å². The molecule has 0 unspecified atom stereocenters. The van der Waals surface area contributed by atoms with E-state index in [0.29, 0.717) is 24.1 Å². The average molecular weight is 1320 g/mol. The summed E-state index contributed by atoms with van der Waals surface area (Å²) in [5.41, 5.74) is 13.6. The van der Waals surface area contributed by atoms with Gasteiger partial charge in [-0.15, -0.1) is 0 Å². The Kier molecular flexibility index (Phi) is 31.5. The van der Waals surface area contributed by atoms with Gasteiger partial charge in [-0.25, -0.2) is 22.5 Å². The van der Waals surface area contributed by atoms with E-state index in [4.69, 9.17) is 33.8 Å². The molecule has 0 fully saturated rings. The summed E-state index contributed by atoms with van der Waals surface area (Å²) in [5, 5.41) is 6.42. The van der Waals surface area contributed by atoms with Crippen LogP contribution in [-0.4, -0.2) is 71.3 Å². The summed E-state index contributed by atoms with van der Waals surface area (Å²) in [7, 11) is 0. The van der Waals surface area contributed by atoms with Crippen molar-refractivity contribution >= 4 is 112 Å². The molecule has 0 aliphatic rings. The molecule has 0 radical (unpaired) electrons. The number of H-pyrrole nitrogens is 1. The number of nitrogens with zero attached hydrogens (tertiary/aromatic N) is 5. The number of hydrogen-bond donors (Lipinski definition) is 1. The Bertz CT molecular complexity index is 4340. The van der Waals surface area contributed by atoms with Gasteiger partial charge in [-0.3, -0.25) is 14.6 Å². The second kappa shape index (κ2) is 39.0. The Morgan fingerprint density at radius 3 is 1.45 bits per heavy atom. The van der Waals surface area contributed by atoms with Crippen LogP contribution in [0.25, 0.3) is 65.4 Å². The molecule has 92 heavy (non-hydrogen) atoms. The zero-order chi connectivity index (χ0) is 67.7. The smallest absolute Gasteiger partial charge is 0.373 e. The van der Waals surface area contributed by atoms with Crippen LogP contribution in [0.5, 0.6) is 0 Å². The number of benzene rings is 6. The van der Waals surface area contributed by atoms with Crippen molar-refractivity contribution in [3.8, 4) is 0 Å². The lowest BCUT2D eigenvalue weighted by atomic mass is 10.0. The van der Waals surface area contributed by atoms with Gasteiger partial charge in [0.05, 0.1) is 17.6 Å². The SMILES string of the molecule is CCCn1c(C)c(Cc2ccc3ccccc3n2)c2cc(F)ccc21.CCCn1c(C)cc2cc(F)ccc21.CCCn1c(C)cc2cc(F)ccc21.CCOC(=O)CBr.Cc1cc2cc(F)ccc2[nH]1.O=C=O.O=C=O.O=C=O.O=Cc1ccc2ccccc2n1. The minimum absolute atomic E-state index is 0.161. The summed E-state index contributed by atoms with van der Waals surface area (Å²) in [6.45, 7) is 19.9. The number of pyridine rings is 2. The first kappa shape index (κ1) is 74.2. The number of hydrogen-bond acceptors (Lipinski definition) is 11. The molecule has 12 rings (SSSR count). The minimum Gasteiger partial charge on any atom is -0.465 e. The molecule has 6 aromatic carbocycles. The van der Waals surface area contributed by atoms with E-state index in [0.717, 1.165) is 122 Å². The summed E-state index contributed by atoms with van der Waals surface area (Å²) < 4.78 is 63.7. The molecule has 0 aliphatic heterocycles. The number of alkyl halides is 1. The van der Waals surface area contributed by atoms with Crippen LogP contribution in [0.4, 0.5) is 17.6 Å². The van der Waals surface area contributed by atoms with Gasteiger partial charge in [0.2, 0.25) is 0 Å². The number of aldehydes is 1. The molecule has 6 aromatic heterocycles. The third-order valence-electron chi connectivity index (χ3n) is 13.8. The first-order chi connectivity index (χ1) is 44.3. The fraction of sp³-hybridized carbons (Fsp3) is 0.236. The lowest BCUT2D eigenvalue weighted by Crippen LogP contribution is -2.03. The van der Waals surface area contributed by atoms with E-state index in [-0.39, 0.29) is 47.7 Å². The van der Waals surface area contributed by atoms with Gasteiger partial charge in [-0.1, -0.05) is 85.2 Å². The molecule has 0 spiro atoms. The molecule has 0 aliphatic carbocycles. The number of aryl methyl sites for hydroxylation is 6. The normalized spacial score (nSPS) is 9.97. The number of ether oxygens (including phenoxy) is 1. The maximum Gasteiger partial charge on any atom is 0.373 e. The van der Waals surface area contributed by atoms with E-state index in [9.17, 15) is 27.2 Å². The van der Waals surface area contributed by atoms with Crippen LogP contribution >= 0.6 is 15.9 Å². The number of carbonyl (C=O) groups excluding carboxylic acids is 8. The molecule has 478 valence electrons. The Labute approximate surface area is 538 Å². The van der Waals surface area contributed by atoms with Gasteiger partial charge in [0.25, 0.3) is 0 Å². The standard InChI is InChI=1S/C22H21FN2.2C12H14FN.C10H7NO.C9H8FN.C4H7BrO2.3CO2/c1-3-12-25-15(2)19(20-13-17(23)9-11-22(20)25)14-18-10-8-16-6-4-5-7-21(16)24-18;2*1-3-6-14-9(2)7-10-8-11(13)4-5-12(10)14;12-7-9-6-5-8-3-1-2-4-10(8)11-9;1-6-4-7-5-8(10)2-3-9(7)11-6;1-2-7-4(6)3-5;3*2-1-3/h4-11,13H,3,12,14H2,1-2H3;2*4-5,7-8H,3,6H2,1-2H3;1-7H;2-5,11H,1H3;2-3H2,1H3;;;. The summed E-state index contributed by atoms with van der Waals surface area (Å²) >= 11 is 2.94. The zero-order valence-electron chi connectivity index (χ0n) is 52.3. The molecule has 0 saturated carbocycles. The third kappa shape index (κ3) is 22.1. The first-order valence-corrected chi connectivity index (χ1v) is 30.3. The summed E-state index contributed by atoms with van der Waals surface area (Å²) in [5.74, 6) is -0.898. The number of halogens is 5. The van der Waals surface area contributed by atoms with Gasteiger partial charge in [-0.2, -0.15) is 28.8 Å².